The van der Waals surface area contributed by atoms with Gasteiger partial charge in [0, 0.05) is 37.7 Å². The molecule has 5 heteroatoms. The van der Waals surface area contributed by atoms with E-state index in [2.05, 4.69) is 46.2 Å². The van der Waals surface area contributed by atoms with Crippen molar-refractivity contribution in [2.45, 2.75) is 0 Å². The number of hydrogen-bond acceptors (Lipinski definition) is 4. The number of amidine groups is 1. The van der Waals surface area contributed by atoms with Gasteiger partial charge in [-0.2, -0.15) is 0 Å². The molecule has 0 bridgehead atoms. The van der Waals surface area contributed by atoms with Crippen LogP contribution in [0, 0.1) is 0 Å². The quantitative estimate of drug-likeness (QED) is 0.522. The monoisotopic (exact) mass is 429 g/mol. The maximum Gasteiger partial charge on any atom is 0.153 e. The highest BCUT2D eigenvalue weighted by atomic mass is 35.5. The summed E-state index contributed by atoms with van der Waals surface area (Å²) in [5.41, 5.74) is 3.03. The summed E-state index contributed by atoms with van der Waals surface area (Å²) in [4.78, 5) is 9.81. The molecule has 0 aliphatic carbocycles. The number of fused-ring (bicyclic) bond motifs is 2. The first-order valence-corrected chi connectivity index (χ1v) is 11.0. The Morgan fingerprint density at radius 2 is 1.65 bits per heavy atom. The Hall–Kier alpha value is -3.08. The van der Waals surface area contributed by atoms with E-state index in [0.717, 1.165) is 61.3 Å². The molecule has 0 spiro atoms. The van der Waals surface area contributed by atoms with Crippen molar-refractivity contribution >= 4 is 29.2 Å². The van der Waals surface area contributed by atoms with Crippen LogP contribution in [0.1, 0.15) is 11.1 Å². The van der Waals surface area contributed by atoms with Gasteiger partial charge in [-0.1, -0.05) is 66.2 Å². The molecule has 2 aliphatic rings. The number of halogens is 1. The number of ether oxygens (including phenoxy) is 1. The first kappa shape index (κ1) is 19.9. The summed E-state index contributed by atoms with van der Waals surface area (Å²) in [5, 5.41) is 0.686. The van der Waals surface area contributed by atoms with Gasteiger partial charge in [-0.25, -0.2) is 4.99 Å². The van der Waals surface area contributed by atoms with Crippen molar-refractivity contribution in [3.8, 4) is 11.5 Å². The molecule has 0 N–H and O–H groups in total. The summed E-state index contributed by atoms with van der Waals surface area (Å²) in [5.74, 6) is 2.49. The second kappa shape index (κ2) is 8.96. The normalized spacial score (nSPS) is 16.3. The smallest absolute Gasteiger partial charge is 0.153 e. The number of aliphatic imine (C=N–C) groups is 1. The topological polar surface area (TPSA) is 28.1 Å². The van der Waals surface area contributed by atoms with Crippen molar-refractivity contribution in [2.24, 2.45) is 4.99 Å². The van der Waals surface area contributed by atoms with Crippen LogP contribution in [-0.2, 0) is 0 Å². The summed E-state index contributed by atoms with van der Waals surface area (Å²) in [7, 11) is 0. The molecule has 3 aromatic rings. The van der Waals surface area contributed by atoms with E-state index in [1.54, 1.807) is 0 Å². The largest absolute Gasteiger partial charge is 0.454 e. The maximum absolute atomic E-state index is 6.33. The molecule has 1 saturated heterocycles. The maximum atomic E-state index is 6.33. The molecule has 0 amide bonds. The molecular formula is C26H24ClN3O. The van der Waals surface area contributed by atoms with Gasteiger partial charge in [0.15, 0.2) is 5.75 Å². The first-order valence-electron chi connectivity index (χ1n) is 10.6. The van der Waals surface area contributed by atoms with E-state index in [1.165, 1.54) is 5.56 Å². The second-order valence-corrected chi connectivity index (χ2v) is 8.18. The molecule has 156 valence electrons. The zero-order chi connectivity index (χ0) is 21.0. The van der Waals surface area contributed by atoms with Crippen molar-refractivity contribution in [2.75, 3.05) is 32.7 Å². The fourth-order valence-corrected chi connectivity index (χ4v) is 4.15. The minimum absolute atomic E-state index is 0.686. The van der Waals surface area contributed by atoms with Crippen LogP contribution in [0.3, 0.4) is 0 Å². The Labute approximate surface area is 188 Å². The lowest BCUT2D eigenvalue weighted by atomic mass is 10.1. The van der Waals surface area contributed by atoms with Crippen molar-refractivity contribution < 1.29 is 4.74 Å². The number of para-hydroxylation sites is 2. The third-order valence-electron chi connectivity index (χ3n) is 5.64. The van der Waals surface area contributed by atoms with Crippen molar-refractivity contribution in [3.05, 3.63) is 95.0 Å². The van der Waals surface area contributed by atoms with E-state index < -0.39 is 0 Å². The molecule has 2 heterocycles. The molecule has 0 radical (unpaired) electrons. The molecule has 0 atom stereocenters. The summed E-state index contributed by atoms with van der Waals surface area (Å²) in [6.07, 6.45) is 4.43. The predicted molar refractivity (Wildman–Crippen MR) is 128 cm³/mol. The van der Waals surface area contributed by atoms with Crippen LogP contribution in [0.25, 0.3) is 6.08 Å². The van der Waals surface area contributed by atoms with Gasteiger partial charge in [0.1, 0.15) is 17.3 Å². The molecule has 31 heavy (non-hydrogen) atoms. The minimum Gasteiger partial charge on any atom is -0.454 e. The zero-order valence-electron chi connectivity index (χ0n) is 17.2. The number of rotatable bonds is 3. The van der Waals surface area contributed by atoms with Crippen LogP contribution in [0.5, 0.6) is 11.5 Å². The molecule has 3 aromatic carbocycles. The molecule has 0 saturated carbocycles. The minimum atomic E-state index is 0.686. The predicted octanol–water partition coefficient (Wildman–Crippen LogP) is 5.86. The van der Waals surface area contributed by atoms with E-state index in [1.807, 2.05) is 48.5 Å². The Bertz CT molecular complexity index is 1120. The van der Waals surface area contributed by atoms with E-state index in [4.69, 9.17) is 21.3 Å². The lowest BCUT2D eigenvalue weighted by molar-refractivity contribution is 0.198. The van der Waals surface area contributed by atoms with E-state index >= 15 is 0 Å². The first-order chi connectivity index (χ1) is 15.3. The van der Waals surface area contributed by atoms with Gasteiger partial charge in [-0.3, -0.25) is 4.90 Å². The fourth-order valence-electron chi connectivity index (χ4n) is 3.98. The highest BCUT2D eigenvalue weighted by molar-refractivity contribution is 6.31. The molecule has 4 nitrogen and oxygen atoms in total. The standard InChI is InChI=1S/C26H24ClN3O/c27-21-12-13-24-22(19-21)26(28-23-10-4-5-11-25(23)31-24)30-17-15-29(16-18-30)14-6-9-20-7-2-1-3-8-20/h1-13,19H,14-18H2/b9-6+. The SMILES string of the molecule is Clc1ccc2c(c1)C(N1CCN(C/C=C/c3ccccc3)CC1)=Nc1ccccc1O2. The fraction of sp³-hybridized carbons (Fsp3) is 0.192. The van der Waals surface area contributed by atoms with Crippen LogP contribution >= 0.6 is 11.6 Å². The average Bonchev–Trinajstić information content (AvgIpc) is 2.97. The molecule has 2 aliphatic heterocycles. The highest BCUT2D eigenvalue weighted by Gasteiger charge is 2.25. The summed E-state index contributed by atoms with van der Waals surface area (Å²) in [6.45, 7) is 4.73. The van der Waals surface area contributed by atoms with Gasteiger partial charge >= 0.3 is 0 Å². The van der Waals surface area contributed by atoms with Crippen molar-refractivity contribution in [1.29, 1.82) is 0 Å². The van der Waals surface area contributed by atoms with Gasteiger partial charge in [-0.05, 0) is 35.9 Å². The lowest BCUT2D eigenvalue weighted by Gasteiger charge is -2.36. The van der Waals surface area contributed by atoms with Gasteiger partial charge in [0.05, 0.1) is 5.56 Å². The third kappa shape index (κ3) is 4.50. The Balaban J connectivity index is 1.33. The van der Waals surface area contributed by atoms with Gasteiger partial charge in [0.2, 0.25) is 0 Å². The van der Waals surface area contributed by atoms with Crippen molar-refractivity contribution in [3.63, 3.8) is 0 Å². The van der Waals surface area contributed by atoms with Gasteiger partial charge < -0.3 is 9.64 Å². The van der Waals surface area contributed by atoms with Crippen LogP contribution in [0.4, 0.5) is 5.69 Å². The van der Waals surface area contributed by atoms with E-state index in [0.29, 0.717) is 5.02 Å². The summed E-state index contributed by atoms with van der Waals surface area (Å²) < 4.78 is 6.18. The Morgan fingerprint density at radius 3 is 2.48 bits per heavy atom. The van der Waals surface area contributed by atoms with Crippen molar-refractivity contribution in [1.82, 2.24) is 9.80 Å². The summed E-state index contributed by atoms with van der Waals surface area (Å²) in [6, 6.07) is 24.1. The van der Waals surface area contributed by atoms with Crippen LogP contribution < -0.4 is 4.74 Å². The van der Waals surface area contributed by atoms with Crippen LogP contribution in [0.2, 0.25) is 5.02 Å². The van der Waals surface area contributed by atoms with E-state index in [-0.39, 0.29) is 0 Å². The molecular weight excluding hydrogens is 406 g/mol. The Morgan fingerprint density at radius 1 is 0.871 bits per heavy atom. The van der Waals surface area contributed by atoms with Gasteiger partial charge in [0.25, 0.3) is 0 Å². The van der Waals surface area contributed by atoms with Gasteiger partial charge in [-0.15, -0.1) is 0 Å². The molecule has 1 fully saturated rings. The van der Waals surface area contributed by atoms with E-state index in [9.17, 15) is 0 Å². The average molecular weight is 430 g/mol. The molecule has 0 unspecified atom stereocenters. The second-order valence-electron chi connectivity index (χ2n) is 7.75. The third-order valence-corrected chi connectivity index (χ3v) is 5.87. The van der Waals surface area contributed by atoms with Crippen LogP contribution in [0.15, 0.2) is 83.9 Å². The molecule has 0 aromatic heterocycles. The number of benzene rings is 3. The number of nitrogens with zero attached hydrogens (tertiary/aromatic N) is 3. The zero-order valence-corrected chi connectivity index (χ0v) is 18.0. The number of piperazine rings is 1. The molecule has 5 rings (SSSR count). The highest BCUT2D eigenvalue weighted by Crippen LogP contribution is 2.38. The lowest BCUT2D eigenvalue weighted by Crippen LogP contribution is -2.48. The van der Waals surface area contributed by atoms with Crippen LogP contribution in [-0.4, -0.2) is 48.4 Å². The Kier molecular flexibility index (Phi) is 5.74. The number of hydrogen-bond donors (Lipinski definition) is 0. The summed E-state index contributed by atoms with van der Waals surface area (Å²) >= 11 is 6.33.